The lowest BCUT2D eigenvalue weighted by atomic mass is 10.1. The lowest BCUT2D eigenvalue weighted by molar-refractivity contribution is -0.385. The molecule has 0 radical (unpaired) electrons. The summed E-state index contributed by atoms with van der Waals surface area (Å²) in [7, 11) is 1.66. The van der Waals surface area contributed by atoms with Gasteiger partial charge in [0.2, 0.25) is 0 Å². The highest BCUT2D eigenvalue weighted by molar-refractivity contribution is 5.95. The molecule has 1 heterocycles. The van der Waals surface area contributed by atoms with Crippen LogP contribution in [0.25, 0.3) is 0 Å². The number of amides is 1. The average Bonchev–Trinajstić information content (AvgIpc) is 2.60. The van der Waals surface area contributed by atoms with Gasteiger partial charge in [-0.05, 0) is 31.2 Å². The minimum absolute atomic E-state index is 0.162. The van der Waals surface area contributed by atoms with Gasteiger partial charge in [-0.1, -0.05) is 6.07 Å². The van der Waals surface area contributed by atoms with Crippen molar-refractivity contribution >= 4 is 11.6 Å². The second-order valence-electron chi connectivity index (χ2n) is 5.17. The van der Waals surface area contributed by atoms with E-state index < -0.39 is 4.92 Å². The van der Waals surface area contributed by atoms with Gasteiger partial charge in [0.25, 0.3) is 5.91 Å². The van der Waals surface area contributed by atoms with E-state index in [4.69, 9.17) is 4.74 Å². The third kappa shape index (κ3) is 4.28. The van der Waals surface area contributed by atoms with E-state index in [0.717, 1.165) is 5.69 Å². The highest BCUT2D eigenvalue weighted by atomic mass is 16.6. The topological polar surface area (TPSA) is 85.6 Å². The van der Waals surface area contributed by atoms with E-state index in [1.807, 2.05) is 18.2 Å². The Morgan fingerprint density at radius 3 is 2.75 bits per heavy atom. The van der Waals surface area contributed by atoms with Gasteiger partial charge < -0.3 is 9.64 Å². The molecule has 0 saturated heterocycles. The number of carbonyl (C=O) groups is 1. The minimum Gasteiger partial charge on any atom is -0.487 e. The molecule has 0 atom stereocenters. The number of carbonyl (C=O) groups excluding carboxylic acids is 1. The normalized spacial score (nSPS) is 10.2. The Kier molecular flexibility index (Phi) is 5.83. The van der Waals surface area contributed by atoms with Gasteiger partial charge in [0.05, 0.1) is 11.5 Å². The van der Waals surface area contributed by atoms with Crippen molar-refractivity contribution in [2.45, 2.75) is 13.3 Å². The molecule has 0 bridgehead atoms. The molecule has 1 aromatic heterocycles. The summed E-state index contributed by atoms with van der Waals surface area (Å²) < 4.78 is 5.22. The van der Waals surface area contributed by atoms with E-state index in [0.29, 0.717) is 19.6 Å². The molecule has 126 valence electrons. The summed E-state index contributed by atoms with van der Waals surface area (Å²) in [6.45, 7) is 2.53. The van der Waals surface area contributed by atoms with Crippen LogP contribution in [-0.4, -0.2) is 40.9 Å². The third-order valence-electron chi connectivity index (χ3n) is 3.48. The maximum Gasteiger partial charge on any atom is 0.311 e. The van der Waals surface area contributed by atoms with Gasteiger partial charge in [0, 0.05) is 43.5 Å². The monoisotopic (exact) mass is 329 g/mol. The molecular weight excluding hydrogens is 310 g/mol. The number of rotatable bonds is 7. The van der Waals surface area contributed by atoms with E-state index in [-0.39, 0.29) is 22.9 Å². The number of likely N-dealkylation sites (N-methyl/N-ethyl adjacent to an activating group) is 1. The first-order chi connectivity index (χ1) is 11.5. The molecular formula is C17H19N3O4. The molecule has 24 heavy (non-hydrogen) atoms. The van der Waals surface area contributed by atoms with Crippen molar-refractivity contribution in [3.05, 3.63) is 64.0 Å². The maximum atomic E-state index is 12.5. The van der Waals surface area contributed by atoms with Crippen LogP contribution in [0.1, 0.15) is 23.0 Å². The Labute approximate surface area is 140 Å². The number of nitro groups is 1. The first-order valence-electron chi connectivity index (χ1n) is 7.59. The fourth-order valence-corrected chi connectivity index (χ4v) is 2.22. The van der Waals surface area contributed by atoms with Crippen LogP contribution in [0.5, 0.6) is 5.75 Å². The minimum atomic E-state index is -0.546. The number of benzene rings is 1. The lowest BCUT2D eigenvalue weighted by Crippen LogP contribution is -2.29. The molecule has 0 N–H and O–H groups in total. The van der Waals surface area contributed by atoms with Crippen molar-refractivity contribution in [2.24, 2.45) is 0 Å². The predicted molar refractivity (Wildman–Crippen MR) is 89.2 cm³/mol. The Morgan fingerprint density at radius 1 is 1.33 bits per heavy atom. The van der Waals surface area contributed by atoms with Crippen LogP contribution in [0.2, 0.25) is 0 Å². The maximum absolute atomic E-state index is 12.5. The zero-order chi connectivity index (χ0) is 17.5. The molecule has 0 aliphatic rings. The van der Waals surface area contributed by atoms with Crippen LogP contribution in [0, 0.1) is 10.1 Å². The summed E-state index contributed by atoms with van der Waals surface area (Å²) in [6, 6.07) is 9.86. The van der Waals surface area contributed by atoms with Crippen LogP contribution in [0.4, 0.5) is 5.69 Å². The molecule has 7 nitrogen and oxygen atoms in total. The van der Waals surface area contributed by atoms with E-state index in [2.05, 4.69) is 4.98 Å². The van der Waals surface area contributed by atoms with Crippen LogP contribution in [-0.2, 0) is 6.42 Å². The number of pyridine rings is 1. The van der Waals surface area contributed by atoms with Gasteiger partial charge in [-0.15, -0.1) is 0 Å². The standard InChI is InChI=1S/C17H19N3O4/c1-3-24-16-8-7-13(12-15(16)20(22)23)17(21)19(2)11-9-14-6-4-5-10-18-14/h4-8,10,12H,3,9,11H2,1-2H3. The lowest BCUT2D eigenvalue weighted by Gasteiger charge is -2.17. The highest BCUT2D eigenvalue weighted by Crippen LogP contribution is 2.28. The Bertz CT molecular complexity index is 719. The summed E-state index contributed by atoms with van der Waals surface area (Å²) >= 11 is 0. The number of nitrogens with zero attached hydrogens (tertiary/aromatic N) is 3. The summed E-state index contributed by atoms with van der Waals surface area (Å²) in [5.74, 6) is -0.118. The third-order valence-corrected chi connectivity index (χ3v) is 3.48. The average molecular weight is 329 g/mol. The number of aromatic nitrogens is 1. The molecule has 1 aromatic carbocycles. The summed E-state index contributed by atoms with van der Waals surface area (Å²) in [4.78, 5) is 28.8. The summed E-state index contributed by atoms with van der Waals surface area (Å²) in [5.41, 5.74) is 0.935. The van der Waals surface area contributed by atoms with Crippen LogP contribution in [0.15, 0.2) is 42.6 Å². The Morgan fingerprint density at radius 2 is 2.12 bits per heavy atom. The van der Waals surface area contributed by atoms with E-state index >= 15 is 0 Å². The van der Waals surface area contributed by atoms with Crippen LogP contribution >= 0.6 is 0 Å². The Hall–Kier alpha value is -2.96. The molecule has 0 unspecified atom stereocenters. The van der Waals surface area contributed by atoms with Crippen LogP contribution < -0.4 is 4.74 Å². The molecule has 0 saturated carbocycles. The van der Waals surface area contributed by atoms with Crippen LogP contribution in [0.3, 0.4) is 0 Å². The zero-order valence-corrected chi connectivity index (χ0v) is 13.6. The molecule has 0 fully saturated rings. The van der Waals surface area contributed by atoms with Gasteiger partial charge in [-0.3, -0.25) is 19.9 Å². The Balaban J connectivity index is 2.10. The van der Waals surface area contributed by atoms with Gasteiger partial charge >= 0.3 is 5.69 Å². The first kappa shape index (κ1) is 17.4. The largest absolute Gasteiger partial charge is 0.487 e. The van der Waals surface area contributed by atoms with Gasteiger partial charge in [-0.2, -0.15) is 0 Å². The molecule has 0 spiro atoms. The van der Waals surface area contributed by atoms with E-state index in [1.165, 1.54) is 23.1 Å². The van der Waals surface area contributed by atoms with E-state index in [9.17, 15) is 14.9 Å². The molecule has 2 aromatic rings. The molecule has 1 amide bonds. The van der Waals surface area contributed by atoms with E-state index in [1.54, 1.807) is 20.2 Å². The number of nitro benzene ring substituents is 1. The van der Waals surface area contributed by atoms with Crippen molar-refractivity contribution in [3.8, 4) is 5.75 Å². The van der Waals surface area contributed by atoms with Crippen molar-refractivity contribution < 1.29 is 14.5 Å². The fraction of sp³-hybridized carbons (Fsp3) is 0.294. The smallest absolute Gasteiger partial charge is 0.311 e. The zero-order valence-electron chi connectivity index (χ0n) is 13.6. The summed E-state index contributed by atoms with van der Waals surface area (Å²) in [6.07, 6.45) is 2.31. The van der Waals surface area contributed by atoms with Crippen molar-refractivity contribution in [3.63, 3.8) is 0 Å². The summed E-state index contributed by atoms with van der Waals surface area (Å²) in [5, 5.41) is 11.1. The van der Waals surface area contributed by atoms with Gasteiger partial charge in [0.15, 0.2) is 5.75 Å². The molecule has 7 heteroatoms. The second kappa shape index (κ2) is 8.05. The van der Waals surface area contributed by atoms with Gasteiger partial charge in [0.1, 0.15) is 0 Å². The quantitative estimate of drug-likeness (QED) is 0.576. The van der Waals surface area contributed by atoms with Crippen molar-refractivity contribution in [1.82, 2.24) is 9.88 Å². The SMILES string of the molecule is CCOc1ccc(C(=O)N(C)CCc2ccccn2)cc1[N+](=O)[O-]. The van der Waals surface area contributed by atoms with Gasteiger partial charge in [-0.25, -0.2) is 0 Å². The van der Waals surface area contributed by atoms with Crippen molar-refractivity contribution in [2.75, 3.05) is 20.2 Å². The molecule has 0 aliphatic heterocycles. The molecule has 0 aliphatic carbocycles. The number of hydrogen-bond acceptors (Lipinski definition) is 5. The molecule has 2 rings (SSSR count). The number of ether oxygens (including phenoxy) is 1. The highest BCUT2D eigenvalue weighted by Gasteiger charge is 2.20. The second-order valence-corrected chi connectivity index (χ2v) is 5.17. The predicted octanol–water partition coefficient (Wildman–Crippen LogP) is 2.70. The van der Waals surface area contributed by atoms with Crippen molar-refractivity contribution in [1.29, 1.82) is 0 Å². The number of hydrogen-bond donors (Lipinski definition) is 0. The first-order valence-corrected chi connectivity index (χ1v) is 7.59. The fourth-order valence-electron chi connectivity index (χ4n) is 2.22.